The first kappa shape index (κ1) is 74.7. The van der Waals surface area contributed by atoms with E-state index in [0.29, 0.717) is 23.9 Å². The Morgan fingerprint density at radius 1 is 0.380 bits per heavy atom. The monoisotopic (exact) mass is 1100 g/mol. The fourth-order valence-corrected chi connectivity index (χ4v) is 8.42. The summed E-state index contributed by atoms with van der Waals surface area (Å²) in [7, 11) is 5.96. The maximum Gasteiger partial charge on any atom is 0.361 e. The van der Waals surface area contributed by atoms with Gasteiger partial charge in [-0.15, -0.1) is 0 Å². The molecule has 450 valence electrons. The highest BCUT2D eigenvalue weighted by Gasteiger charge is 2.25. The van der Waals surface area contributed by atoms with Gasteiger partial charge in [-0.25, -0.2) is 4.79 Å². The Morgan fingerprint density at radius 2 is 0.684 bits per heavy atom. The maximum atomic E-state index is 12.9. The molecule has 0 aromatic heterocycles. The van der Waals surface area contributed by atoms with Gasteiger partial charge in [-0.1, -0.05) is 251 Å². The van der Waals surface area contributed by atoms with E-state index >= 15 is 0 Å². The quantitative estimate of drug-likeness (QED) is 0.0211. The second kappa shape index (κ2) is 59.8. The molecule has 0 saturated heterocycles. The second-order valence-electron chi connectivity index (χ2n) is 22.0. The lowest BCUT2D eigenvalue weighted by molar-refractivity contribution is -0.870. The number of carbonyl (C=O) groups is 3. The first-order chi connectivity index (χ1) is 38.6. The van der Waals surface area contributed by atoms with Crippen molar-refractivity contribution in [2.45, 2.75) is 257 Å². The second-order valence-corrected chi connectivity index (χ2v) is 22.0. The highest BCUT2D eigenvalue weighted by atomic mass is 16.7. The minimum atomic E-state index is -1.52. The molecular formula is C70H118NO8+. The van der Waals surface area contributed by atoms with Crippen molar-refractivity contribution in [1.82, 2.24) is 0 Å². The minimum absolute atomic E-state index is 0.179. The summed E-state index contributed by atoms with van der Waals surface area (Å²) in [4.78, 5) is 37.5. The fourth-order valence-electron chi connectivity index (χ4n) is 8.42. The van der Waals surface area contributed by atoms with Gasteiger partial charge in [0.15, 0.2) is 6.10 Å². The number of likely N-dealkylation sites (N-methyl/N-ethyl adjacent to an activating group) is 1. The summed E-state index contributed by atoms with van der Waals surface area (Å²) in [5.74, 6) is -2.03. The van der Waals surface area contributed by atoms with Crippen molar-refractivity contribution in [3.63, 3.8) is 0 Å². The Bertz CT molecular complexity index is 1710. The predicted molar refractivity (Wildman–Crippen MR) is 336 cm³/mol. The van der Waals surface area contributed by atoms with Gasteiger partial charge in [-0.3, -0.25) is 9.59 Å². The van der Waals surface area contributed by atoms with Gasteiger partial charge in [0.2, 0.25) is 0 Å². The third-order valence-corrected chi connectivity index (χ3v) is 13.2. The number of hydrogen-bond donors (Lipinski definition) is 1. The molecule has 0 heterocycles. The molecule has 1 N–H and O–H groups in total. The van der Waals surface area contributed by atoms with E-state index in [1.54, 1.807) is 0 Å². The van der Waals surface area contributed by atoms with Crippen LogP contribution in [0.25, 0.3) is 0 Å². The van der Waals surface area contributed by atoms with E-state index in [4.69, 9.17) is 18.9 Å². The molecule has 0 aliphatic heterocycles. The van der Waals surface area contributed by atoms with Crippen LogP contribution in [-0.2, 0) is 33.3 Å². The number of carboxylic acids is 1. The number of rotatable bonds is 57. The van der Waals surface area contributed by atoms with Crippen molar-refractivity contribution in [1.29, 1.82) is 0 Å². The number of nitrogens with zero attached hydrogens (tertiary/aromatic N) is 1. The molecule has 0 radical (unpaired) electrons. The summed E-state index contributed by atoms with van der Waals surface area (Å²) < 4.78 is 22.9. The van der Waals surface area contributed by atoms with Crippen LogP contribution in [0, 0.1) is 0 Å². The Kier molecular flexibility index (Phi) is 56.5. The zero-order chi connectivity index (χ0) is 57.6. The van der Waals surface area contributed by atoms with Crippen molar-refractivity contribution in [2.75, 3.05) is 47.5 Å². The summed E-state index contributed by atoms with van der Waals surface area (Å²) >= 11 is 0. The van der Waals surface area contributed by atoms with Crippen LogP contribution in [0.2, 0.25) is 0 Å². The number of carbonyl (C=O) groups excluding carboxylic acids is 2. The maximum absolute atomic E-state index is 12.9. The molecule has 0 aliphatic rings. The van der Waals surface area contributed by atoms with Crippen LogP contribution < -0.4 is 0 Å². The van der Waals surface area contributed by atoms with Crippen molar-refractivity contribution in [3.8, 4) is 0 Å². The number of ether oxygens (including phenoxy) is 4. The SMILES string of the molecule is CC/C=C\C/C=C\C/C=C\C/C=C\C/C=C\C/C=C\CCCCCCCCC(=O)OC(COC(=O)CCCCCCCCCCCCCCCCCC/C=C\C/C=C\C/C=C\C/C=C\CC)COC(OCC[N+](C)(C)C)C(=O)O. The molecule has 0 spiro atoms. The average Bonchev–Trinajstić information content (AvgIpc) is 3.42. The van der Waals surface area contributed by atoms with Crippen LogP contribution in [0.5, 0.6) is 0 Å². The van der Waals surface area contributed by atoms with Crippen molar-refractivity contribution in [3.05, 3.63) is 122 Å². The Morgan fingerprint density at radius 3 is 1.01 bits per heavy atom. The standard InChI is InChI=1S/C70H117NO8/c1-6-8-10-12-14-16-18-20-22-24-26-28-30-32-33-34-35-37-38-40-42-44-46-48-50-52-54-56-58-60-67(72)77-64-66(65-78-70(69(74)75)76-63-62-71(3,4)5)79-68(73)61-59-57-55-53-51-49-47-45-43-41-39-36-31-29-27-25-23-21-19-17-15-13-11-9-7-2/h8-11,14-17,20-23,26-29,36,39,43,45,66,70H,6-7,12-13,18-19,24-25,30-35,37-38,40-42,44,46-65H2,1-5H3/p+1/b10-8-,11-9-,16-14-,17-15-,22-20-,23-21-,28-26-,29-27-,39-36-,45-43-. The molecule has 9 heteroatoms. The van der Waals surface area contributed by atoms with E-state index in [9.17, 15) is 19.5 Å². The van der Waals surface area contributed by atoms with Crippen LogP contribution in [0.4, 0.5) is 0 Å². The zero-order valence-electron chi connectivity index (χ0n) is 51.2. The molecule has 2 atom stereocenters. The van der Waals surface area contributed by atoms with Gasteiger partial charge < -0.3 is 28.5 Å². The molecule has 2 unspecified atom stereocenters. The third-order valence-electron chi connectivity index (χ3n) is 13.2. The number of esters is 2. The van der Waals surface area contributed by atoms with Crippen molar-refractivity contribution < 1.29 is 42.9 Å². The number of quaternary nitrogens is 1. The fraction of sp³-hybridized carbons (Fsp3) is 0.671. The summed E-state index contributed by atoms with van der Waals surface area (Å²) in [6, 6.07) is 0. The summed E-state index contributed by atoms with van der Waals surface area (Å²) in [6.45, 7) is 4.63. The Balaban J connectivity index is 4.22. The van der Waals surface area contributed by atoms with E-state index in [2.05, 4.69) is 135 Å². The van der Waals surface area contributed by atoms with Gasteiger partial charge in [0.1, 0.15) is 13.2 Å². The topological polar surface area (TPSA) is 108 Å². The first-order valence-corrected chi connectivity index (χ1v) is 31.7. The number of hydrogen-bond acceptors (Lipinski definition) is 7. The average molecular weight is 1100 g/mol. The molecule has 9 nitrogen and oxygen atoms in total. The minimum Gasteiger partial charge on any atom is -0.477 e. The summed E-state index contributed by atoms with van der Waals surface area (Å²) in [5.41, 5.74) is 0. The highest BCUT2D eigenvalue weighted by molar-refractivity contribution is 5.71. The first-order valence-electron chi connectivity index (χ1n) is 31.7. The molecule has 0 aliphatic carbocycles. The van der Waals surface area contributed by atoms with E-state index in [1.165, 1.54) is 89.9 Å². The van der Waals surface area contributed by atoms with E-state index in [1.807, 2.05) is 21.1 Å². The molecular weight excluding hydrogens is 983 g/mol. The van der Waals surface area contributed by atoms with E-state index in [0.717, 1.165) is 122 Å². The van der Waals surface area contributed by atoms with Gasteiger partial charge >= 0.3 is 17.9 Å². The molecule has 0 fully saturated rings. The summed E-state index contributed by atoms with van der Waals surface area (Å²) in [5, 5.41) is 9.73. The van der Waals surface area contributed by atoms with Crippen molar-refractivity contribution in [2.24, 2.45) is 0 Å². The third kappa shape index (κ3) is 61.2. The van der Waals surface area contributed by atoms with Crippen LogP contribution in [0.1, 0.15) is 245 Å². The normalized spacial score (nSPS) is 13.6. The van der Waals surface area contributed by atoms with Gasteiger partial charge in [0.05, 0.1) is 34.4 Å². The number of unbranched alkanes of at least 4 members (excludes halogenated alkanes) is 22. The molecule has 0 aromatic rings. The van der Waals surface area contributed by atoms with Gasteiger partial charge in [0.25, 0.3) is 6.29 Å². The molecule has 0 rings (SSSR count). The Labute approximate surface area is 485 Å². The Hall–Kier alpha value is -4.31. The van der Waals surface area contributed by atoms with Crippen LogP contribution in [-0.4, -0.2) is 87.4 Å². The van der Waals surface area contributed by atoms with Gasteiger partial charge in [-0.2, -0.15) is 0 Å². The largest absolute Gasteiger partial charge is 0.477 e. The summed E-state index contributed by atoms with van der Waals surface area (Å²) in [6.07, 6.45) is 81.4. The van der Waals surface area contributed by atoms with Crippen LogP contribution in [0.3, 0.4) is 0 Å². The van der Waals surface area contributed by atoms with E-state index in [-0.39, 0.29) is 32.2 Å². The number of carboxylic acid groups (broad SMARTS) is 1. The predicted octanol–water partition coefficient (Wildman–Crippen LogP) is 19.2. The lowest BCUT2D eigenvalue weighted by atomic mass is 10.0. The van der Waals surface area contributed by atoms with E-state index < -0.39 is 24.3 Å². The lowest BCUT2D eigenvalue weighted by Gasteiger charge is -2.25. The molecule has 0 bridgehead atoms. The van der Waals surface area contributed by atoms with Gasteiger partial charge in [0, 0.05) is 12.8 Å². The number of aliphatic carboxylic acids is 1. The lowest BCUT2D eigenvalue weighted by Crippen LogP contribution is -2.40. The molecule has 0 amide bonds. The highest BCUT2D eigenvalue weighted by Crippen LogP contribution is 2.16. The van der Waals surface area contributed by atoms with Crippen molar-refractivity contribution >= 4 is 17.9 Å². The zero-order valence-corrected chi connectivity index (χ0v) is 51.2. The number of allylic oxidation sites excluding steroid dienone is 20. The van der Waals surface area contributed by atoms with Gasteiger partial charge in [-0.05, 0) is 103 Å². The molecule has 79 heavy (non-hydrogen) atoms. The molecule has 0 aromatic carbocycles. The smallest absolute Gasteiger partial charge is 0.361 e. The van der Waals surface area contributed by atoms with Crippen LogP contribution in [0.15, 0.2) is 122 Å². The van der Waals surface area contributed by atoms with Crippen LogP contribution >= 0.6 is 0 Å². The molecule has 0 saturated carbocycles.